The Morgan fingerprint density at radius 2 is 1.96 bits per heavy atom. The average molecular weight is 327 g/mol. The summed E-state index contributed by atoms with van der Waals surface area (Å²) in [5.74, 6) is -0.308. The van der Waals surface area contributed by atoms with Crippen LogP contribution in [-0.4, -0.2) is 28.3 Å². The molecule has 2 aromatic rings. The molecule has 0 spiro atoms. The van der Waals surface area contributed by atoms with Gasteiger partial charge in [-0.25, -0.2) is 4.68 Å². The smallest absolute Gasteiger partial charge is 0.309 e. The summed E-state index contributed by atoms with van der Waals surface area (Å²) in [5.41, 5.74) is 3.12. The molecular weight excluding hydrogens is 306 g/mol. The average Bonchev–Trinajstić information content (AvgIpc) is 3.25. The Balaban J connectivity index is 1.65. The first kappa shape index (κ1) is 16.2. The first-order chi connectivity index (χ1) is 11.5. The molecule has 1 N–H and O–H groups in total. The molecule has 126 valence electrons. The lowest BCUT2D eigenvalue weighted by atomic mass is 10.3. The van der Waals surface area contributed by atoms with E-state index >= 15 is 0 Å². The minimum absolute atomic E-state index is 0.0397. The van der Waals surface area contributed by atoms with Gasteiger partial charge in [-0.05, 0) is 38.3 Å². The Labute approximate surface area is 140 Å². The Morgan fingerprint density at radius 1 is 1.29 bits per heavy atom. The number of carbonyl (C=O) groups is 2. The molecule has 0 aliphatic heterocycles. The monoisotopic (exact) mass is 327 g/mol. The van der Waals surface area contributed by atoms with Crippen LogP contribution in [0.2, 0.25) is 0 Å². The molecule has 2 unspecified atom stereocenters. The van der Waals surface area contributed by atoms with Crippen molar-refractivity contribution in [2.45, 2.75) is 27.2 Å². The fraction of sp³-hybridized carbons (Fsp3) is 0.389. The molecule has 2 atom stereocenters. The van der Waals surface area contributed by atoms with Crippen LogP contribution in [-0.2, 0) is 14.3 Å². The van der Waals surface area contributed by atoms with Gasteiger partial charge in [-0.1, -0.05) is 25.1 Å². The van der Waals surface area contributed by atoms with Gasteiger partial charge in [0, 0.05) is 0 Å². The molecule has 0 bridgehead atoms. The molecule has 6 nitrogen and oxygen atoms in total. The third-order valence-electron chi connectivity index (χ3n) is 4.31. The first-order valence-electron chi connectivity index (χ1n) is 8.05. The number of benzene rings is 1. The van der Waals surface area contributed by atoms with E-state index < -0.39 is 0 Å². The molecule has 1 saturated carbocycles. The topological polar surface area (TPSA) is 73.2 Å². The lowest BCUT2D eigenvalue weighted by molar-refractivity contribution is -0.148. The predicted octanol–water partition coefficient (Wildman–Crippen LogP) is 2.63. The lowest BCUT2D eigenvalue weighted by Gasteiger charge is -2.08. The lowest BCUT2D eigenvalue weighted by Crippen LogP contribution is -2.22. The van der Waals surface area contributed by atoms with E-state index in [1.54, 1.807) is 4.68 Å². The minimum Gasteiger partial charge on any atom is -0.455 e. The SMILES string of the molecule is Cc1nn(-c2ccccc2)c(C)c1NC(=O)COC(=O)C1CC1C. The van der Waals surface area contributed by atoms with Crippen LogP contribution in [0.5, 0.6) is 0 Å². The van der Waals surface area contributed by atoms with Crippen molar-refractivity contribution in [2.75, 3.05) is 11.9 Å². The number of hydrogen-bond acceptors (Lipinski definition) is 4. The molecule has 0 radical (unpaired) electrons. The molecule has 1 aliphatic carbocycles. The molecule has 1 aromatic heterocycles. The molecule has 1 aliphatic rings. The van der Waals surface area contributed by atoms with Crippen molar-refractivity contribution >= 4 is 17.6 Å². The van der Waals surface area contributed by atoms with E-state index in [2.05, 4.69) is 10.4 Å². The summed E-state index contributed by atoms with van der Waals surface area (Å²) in [7, 11) is 0. The summed E-state index contributed by atoms with van der Waals surface area (Å²) in [6, 6.07) is 9.70. The van der Waals surface area contributed by atoms with Crippen LogP contribution in [0.4, 0.5) is 5.69 Å². The number of para-hydroxylation sites is 1. The van der Waals surface area contributed by atoms with Gasteiger partial charge in [0.1, 0.15) is 0 Å². The normalized spacial score (nSPS) is 19.0. The number of amides is 1. The standard InChI is InChI=1S/C18H21N3O3/c1-11-9-15(11)18(23)24-10-16(22)19-17-12(2)20-21(13(17)3)14-7-5-4-6-8-14/h4-8,11,15H,9-10H2,1-3H3,(H,19,22). The van der Waals surface area contributed by atoms with E-state index in [-0.39, 0.29) is 24.4 Å². The number of anilines is 1. The molecule has 1 fully saturated rings. The maximum atomic E-state index is 12.1. The predicted molar refractivity (Wildman–Crippen MR) is 89.9 cm³/mol. The van der Waals surface area contributed by atoms with Crippen LogP contribution < -0.4 is 5.32 Å². The first-order valence-corrected chi connectivity index (χ1v) is 8.05. The second-order valence-electron chi connectivity index (χ2n) is 6.27. The van der Waals surface area contributed by atoms with Gasteiger partial charge in [0.15, 0.2) is 6.61 Å². The van der Waals surface area contributed by atoms with Crippen molar-refractivity contribution in [3.8, 4) is 5.69 Å². The van der Waals surface area contributed by atoms with E-state index in [0.717, 1.165) is 17.8 Å². The quantitative estimate of drug-likeness (QED) is 0.857. The van der Waals surface area contributed by atoms with Crippen LogP contribution in [0, 0.1) is 25.7 Å². The van der Waals surface area contributed by atoms with Gasteiger partial charge in [0.2, 0.25) is 0 Å². The third kappa shape index (κ3) is 3.32. The minimum atomic E-state index is -0.351. The van der Waals surface area contributed by atoms with Gasteiger partial charge < -0.3 is 10.1 Å². The third-order valence-corrected chi connectivity index (χ3v) is 4.31. The fourth-order valence-corrected chi connectivity index (χ4v) is 2.71. The van der Waals surface area contributed by atoms with Crippen molar-refractivity contribution in [1.82, 2.24) is 9.78 Å². The Hall–Kier alpha value is -2.63. The number of nitrogens with zero attached hydrogens (tertiary/aromatic N) is 2. The molecule has 6 heteroatoms. The van der Waals surface area contributed by atoms with Gasteiger partial charge in [-0.3, -0.25) is 9.59 Å². The highest BCUT2D eigenvalue weighted by molar-refractivity contribution is 5.94. The van der Waals surface area contributed by atoms with Crippen LogP contribution >= 0.6 is 0 Å². The Kier molecular flexibility index (Phi) is 4.38. The van der Waals surface area contributed by atoms with Gasteiger partial charge >= 0.3 is 5.97 Å². The molecule has 1 aromatic carbocycles. The second-order valence-corrected chi connectivity index (χ2v) is 6.27. The highest BCUT2D eigenvalue weighted by Crippen LogP contribution is 2.38. The van der Waals surface area contributed by atoms with E-state index in [0.29, 0.717) is 17.3 Å². The fourth-order valence-electron chi connectivity index (χ4n) is 2.71. The number of esters is 1. The van der Waals surface area contributed by atoms with Crippen LogP contribution in [0.25, 0.3) is 5.69 Å². The maximum Gasteiger partial charge on any atom is 0.309 e. The summed E-state index contributed by atoms with van der Waals surface area (Å²) in [6.07, 6.45) is 0.850. The summed E-state index contributed by atoms with van der Waals surface area (Å²) in [5, 5.41) is 7.27. The van der Waals surface area contributed by atoms with Crippen molar-refractivity contribution in [1.29, 1.82) is 0 Å². The van der Waals surface area contributed by atoms with E-state index in [1.165, 1.54) is 0 Å². The number of rotatable bonds is 5. The highest BCUT2D eigenvalue weighted by atomic mass is 16.5. The summed E-state index contributed by atoms with van der Waals surface area (Å²) >= 11 is 0. The van der Waals surface area contributed by atoms with E-state index in [9.17, 15) is 9.59 Å². The number of aryl methyl sites for hydroxylation is 1. The molecule has 1 amide bonds. The maximum absolute atomic E-state index is 12.1. The van der Waals surface area contributed by atoms with Crippen LogP contribution in [0.15, 0.2) is 30.3 Å². The van der Waals surface area contributed by atoms with Crippen molar-refractivity contribution < 1.29 is 14.3 Å². The number of carbonyl (C=O) groups excluding carboxylic acids is 2. The van der Waals surface area contributed by atoms with Gasteiger partial charge in [0.05, 0.1) is 28.7 Å². The summed E-state index contributed by atoms with van der Waals surface area (Å²) in [4.78, 5) is 23.7. The second kappa shape index (κ2) is 6.47. The van der Waals surface area contributed by atoms with Gasteiger partial charge in [0.25, 0.3) is 5.91 Å². The summed E-state index contributed by atoms with van der Waals surface area (Å²) < 4.78 is 6.84. The van der Waals surface area contributed by atoms with Gasteiger partial charge in [-0.2, -0.15) is 5.10 Å². The number of hydrogen-bond donors (Lipinski definition) is 1. The Morgan fingerprint density at radius 3 is 2.58 bits per heavy atom. The van der Waals surface area contributed by atoms with E-state index in [4.69, 9.17) is 4.74 Å². The molecule has 1 heterocycles. The van der Waals surface area contributed by atoms with Crippen molar-refractivity contribution in [3.05, 3.63) is 41.7 Å². The van der Waals surface area contributed by atoms with Crippen LogP contribution in [0.3, 0.4) is 0 Å². The van der Waals surface area contributed by atoms with Crippen LogP contribution in [0.1, 0.15) is 24.7 Å². The zero-order chi connectivity index (χ0) is 17.3. The number of nitrogens with one attached hydrogen (secondary N) is 1. The molecule has 0 saturated heterocycles. The summed E-state index contributed by atoms with van der Waals surface area (Å²) in [6.45, 7) is 5.45. The van der Waals surface area contributed by atoms with E-state index in [1.807, 2.05) is 51.1 Å². The van der Waals surface area contributed by atoms with Gasteiger partial charge in [-0.15, -0.1) is 0 Å². The zero-order valence-electron chi connectivity index (χ0n) is 14.1. The molecule has 3 rings (SSSR count). The zero-order valence-corrected chi connectivity index (χ0v) is 14.1. The largest absolute Gasteiger partial charge is 0.455 e. The van der Waals surface area contributed by atoms with Crippen molar-refractivity contribution in [2.24, 2.45) is 11.8 Å². The highest BCUT2D eigenvalue weighted by Gasteiger charge is 2.40. The molecule has 24 heavy (non-hydrogen) atoms. The van der Waals surface area contributed by atoms with Crippen molar-refractivity contribution in [3.63, 3.8) is 0 Å². The number of aromatic nitrogens is 2. The Bertz CT molecular complexity index is 767. The molecular formula is C18H21N3O3. The number of ether oxygens (including phenoxy) is 1.